The van der Waals surface area contributed by atoms with E-state index in [1.807, 2.05) is 0 Å². The quantitative estimate of drug-likeness (QED) is 0.881. The lowest BCUT2D eigenvalue weighted by Crippen LogP contribution is -2.41. The van der Waals surface area contributed by atoms with Crippen molar-refractivity contribution in [1.29, 1.82) is 0 Å². The van der Waals surface area contributed by atoms with Gasteiger partial charge in [-0.3, -0.25) is 0 Å². The van der Waals surface area contributed by atoms with Gasteiger partial charge in [0.25, 0.3) is 0 Å². The molecule has 1 unspecified atom stereocenters. The zero-order valence-electron chi connectivity index (χ0n) is 13.5. The first-order chi connectivity index (χ1) is 10.8. The van der Waals surface area contributed by atoms with Crippen molar-refractivity contribution in [3.63, 3.8) is 0 Å². The van der Waals surface area contributed by atoms with Crippen molar-refractivity contribution in [2.75, 3.05) is 5.32 Å². The molecule has 4 rings (SSSR count). The fourth-order valence-corrected chi connectivity index (χ4v) is 4.79. The molecule has 1 atom stereocenters. The van der Waals surface area contributed by atoms with Crippen LogP contribution in [0.3, 0.4) is 0 Å². The summed E-state index contributed by atoms with van der Waals surface area (Å²) in [6.07, 6.45) is 15.8. The Bertz CT molecular complexity index is 654. The third kappa shape index (κ3) is 2.20. The van der Waals surface area contributed by atoms with E-state index < -0.39 is 0 Å². The van der Waals surface area contributed by atoms with Crippen LogP contribution < -0.4 is 5.32 Å². The smallest absolute Gasteiger partial charge is 0.143 e. The van der Waals surface area contributed by atoms with E-state index in [4.69, 9.17) is 0 Å². The fraction of sp³-hybridized carbons (Fsp3) is 0.667. The Kier molecular flexibility index (Phi) is 3.55. The van der Waals surface area contributed by atoms with Crippen LogP contribution in [0.25, 0.3) is 11.0 Å². The van der Waals surface area contributed by atoms with E-state index in [-0.39, 0.29) is 0 Å². The van der Waals surface area contributed by atoms with Crippen LogP contribution in [-0.4, -0.2) is 21.0 Å². The molecule has 2 aromatic heterocycles. The lowest BCUT2D eigenvalue weighted by atomic mass is 9.69. The van der Waals surface area contributed by atoms with E-state index in [1.165, 1.54) is 62.3 Å². The highest BCUT2D eigenvalue weighted by molar-refractivity contribution is 5.90. The monoisotopic (exact) mass is 298 g/mol. The Morgan fingerprint density at radius 1 is 1.18 bits per heavy atom. The summed E-state index contributed by atoms with van der Waals surface area (Å²) in [7, 11) is 0. The van der Waals surface area contributed by atoms with Crippen molar-refractivity contribution >= 4 is 16.9 Å². The highest BCUT2D eigenvalue weighted by Crippen LogP contribution is 2.50. The second-order valence-corrected chi connectivity index (χ2v) is 7.13. The van der Waals surface area contributed by atoms with E-state index in [9.17, 15) is 0 Å². The molecule has 118 valence electrons. The molecule has 2 aromatic rings. The van der Waals surface area contributed by atoms with Gasteiger partial charge in [-0.05, 0) is 43.1 Å². The molecule has 0 aliphatic heterocycles. The maximum atomic E-state index is 4.59. The molecule has 1 spiro atoms. The first-order valence-corrected chi connectivity index (χ1v) is 8.90. The molecule has 2 aliphatic rings. The summed E-state index contributed by atoms with van der Waals surface area (Å²) in [5.74, 6) is 1.04. The maximum Gasteiger partial charge on any atom is 0.143 e. The first kappa shape index (κ1) is 14.0. The summed E-state index contributed by atoms with van der Waals surface area (Å²) in [6, 6.07) is 0.585. The Balaban J connectivity index is 1.69. The molecule has 4 heteroatoms. The SMILES string of the molecule is CCc1c[nH]c2ncnc(NC3CCCCC34CCCC4)c12. The molecule has 22 heavy (non-hydrogen) atoms. The number of nitrogens with one attached hydrogen (secondary N) is 2. The Morgan fingerprint density at radius 2 is 1.95 bits per heavy atom. The van der Waals surface area contributed by atoms with Gasteiger partial charge < -0.3 is 10.3 Å². The fourth-order valence-electron chi connectivity index (χ4n) is 4.79. The van der Waals surface area contributed by atoms with Crippen molar-refractivity contribution < 1.29 is 0 Å². The molecule has 2 fully saturated rings. The summed E-state index contributed by atoms with van der Waals surface area (Å²) in [5, 5.41) is 5.04. The van der Waals surface area contributed by atoms with E-state index in [0.717, 1.165) is 17.9 Å². The molecule has 2 aliphatic carbocycles. The zero-order valence-corrected chi connectivity index (χ0v) is 13.5. The van der Waals surface area contributed by atoms with Crippen LogP contribution in [0.5, 0.6) is 0 Å². The van der Waals surface area contributed by atoms with Gasteiger partial charge in [-0.15, -0.1) is 0 Å². The van der Waals surface area contributed by atoms with Gasteiger partial charge in [-0.1, -0.05) is 32.6 Å². The third-order valence-corrected chi connectivity index (χ3v) is 6.00. The summed E-state index contributed by atoms with van der Waals surface area (Å²) < 4.78 is 0. The summed E-state index contributed by atoms with van der Waals surface area (Å²) in [5.41, 5.74) is 2.80. The first-order valence-electron chi connectivity index (χ1n) is 8.90. The number of aromatic amines is 1. The average Bonchev–Trinajstić information content (AvgIpc) is 3.17. The van der Waals surface area contributed by atoms with E-state index in [2.05, 4.69) is 33.4 Å². The third-order valence-electron chi connectivity index (χ3n) is 6.00. The molecule has 2 heterocycles. The molecule has 0 radical (unpaired) electrons. The minimum absolute atomic E-state index is 0.526. The number of rotatable bonds is 3. The van der Waals surface area contributed by atoms with Gasteiger partial charge in [0.1, 0.15) is 17.8 Å². The minimum Gasteiger partial charge on any atom is -0.366 e. The highest BCUT2D eigenvalue weighted by atomic mass is 15.1. The molecule has 0 saturated heterocycles. The molecule has 2 N–H and O–H groups in total. The van der Waals surface area contributed by atoms with Crippen LogP contribution in [0.15, 0.2) is 12.5 Å². The van der Waals surface area contributed by atoms with Crippen LogP contribution in [0, 0.1) is 5.41 Å². The van der Waals surface area contributed by atoms with Gasteiger partial charge in [-0.25, -0.2) is 9.97 Å². The highest BCUT2D eigenvalue weighted by Gasteiger charge is 2.42. The van der Waals surface area contributed by atoms with Gasteiger partial charge in [-0.2, -0.15) is 0 Å². The molecule has 0 bridgehead atoms. The minimum atomic E-state index is 0.526. The molecule has 0 aromatic carbocycles. The van der Waals surface area contributed by atoms with Crippen LogP contribution >= 0.6 is 0 Å². The van der Waals surface area contributed by atoms with E-state index in [0.29, 0.717) is 11.5 Å². The Labute approximate surface area is 132 Å². The number of hydrogen-bond donors (Lipinski definition) is 2. The molecular formula is C18H26N4. The molecular weight excluding hydrogens is 272 g/mol. The van der Waals surface area contributed by atoms with Crippen molar-refractivity contribution in [3.05, 3.63) is 18.1 Å². The van der Waals surface area contributed by atoms with Crippen molar-refractivity contribution in [1.82, 2.24) is 15.0 Å². The second-order valence-electron chi connectivity index (χ2n) is 7.13. The van der Waals surface area contributed by atoms with Gasteiger partial charge in [0, 0.05) is 12.2 Å². The molecule has 0 amide bonds. The van der Waals surface area contributed by atoms with Crippen molar-refractivity contribution in [2.45, 2.75) is 70.8 Å². The van der Waals surface area contributed by atoms with Crippen LogP contribution in [-0.2, 0) is 6.42 Å². The van der Waals surface area contributed by atoms with E-state index in [1.54, 1.807) is 6.33 Å². The summed E-state index contributed by atoms with van der Waals surface area (Å²) in [6.45, 7) is 2.19. The summed E-state index contributed by atoms with van der Waals surface area (Å²) >= 11 is 0. The van der Waals surface area contributed by atoms with E-state index >= 15 is 0 Å². The normalized spacial score (nSPS) is 24.1. The maximum absolute atomic E-state index is 4.59. The number of H-pyrrole nitrogens is 1. The van der Waals surface area contributed by atoms with Crippen LogP contribution in [0.1, 0.15) is 63.9 Å². The standard InChI is InChI=1S/C18H26N4/c1-2-13-11-19-16-15(13)17(21-12-20-16)22-14-7-3-4-8-18(14)9-5-6-10-18/h11-12,14H,2-10H2,1H3,(H2,19,20,21,22). The topological polar surface area (TPSA) is 53.6 Å². The number of aromatic nitrogens is 3. The van der Waals surface area contributed by atoms with Gasteiger partial charge in [0.05, 0.1) is 5.39 Å². The molecule has 2 saturated carbocycles. The van der Waals surface area contributed by atoms with Crippen LogP contribution in [0.4, 0.5) is 5.82 Å². The lowest BCUT2D eigenvalue weighted by molar-refractivity contribution is 0.173. The number of nitrogens with zero attached hydrogens (tertiary/aromatic N) is 2. The predicted molar refractivity (Wildman–Crippen MR) is 90.0 cm³/mol. The van der Waals surface area contributed by atoms with Gasteiger partial charge in [0.2, 0.25) is 0 Å². The van der Waals surface area contributed by atoms with Crippen molar-refractivity contribution in [2.24, 2.45) is 5.41 Å². The largest absolute Gasteiger partial charge is 0.366 e. The predicted octanol–water partition coefficient (Wildman–Crippen LogP) is 4.44. The number of fused-ring (bicyclic) bond motifs is 1. The summed E-state index contributed by atoms with van der Waals surface area (Å²) in [4.78, 5) is 12.3. The number of aryl methyl sites for hydroxylation is 1. The van der Waals surface area contributed by atoms with Gasteiger partial charge >= 0.3 is 0 Å². The number of anilines is 1. The average molecular weight is 298 g/mol. The molecule has 4 nitrogen and oxygen atoms in total. The lowest BCUT2D eigenvalue weighted by Gasteiger charge is -2.42. The zero-order chi connectivity index (χ0) is 15.0. The number of hydrogen-bond acceptors (Lipinski definition) is 3. The van der Waals surface area contributed by atoms with Crippen molar-refractivity contribution in [3.8, 4) is 0 Å². The van der Waals surface area contributed by atoms with Crippen LogP contribution in [0.2, 0.25) is 0 Å². The second kappa shape index (κ2) is 5.56. The van der Waals surface area contributed by atoms with Gasteiger partial charge in [0.15, 0.2) is 0 Å². The Hall–Kier alpha value is -1.58. The Morgan fingerprint density at radius 3 is 2.73 bits per heavy atom.